The number of epoxide rings is 2. The van der Waals surface area contributed by atoms with Crippen LogP contribution in [0.2, 0.25) is 0 Å². The van der Waals surface area contributed by atoms with Crippen molar-refractivity contribution >= 4 is 0 Å². The van der Waals surface area contributed by atoms with Gasteiger partial charge in [-0.3, -0.25) is 0 Å². The van der Waals surface area contributed by atoms with Crippen LogP contribution in [0, 0.1) is 5.41 Å². The first-order chi connectivity index (χ1) is 5.42. The Balaban J connectivity index is 1.83. The minimum absolute atomic E-state index is 0.472. The molecule has 1 aliphatic carbocycles. The fraction of sp³-hybridized carbons (Fsp3) is 1.00. The van der Waals surface area contributed by atoms with Gasteiger partial charge in [0.1, 0.15) is 0 Å². The van der Waals surface area contributed by atoms with Gasteiger partial charge in [-0.25, -0.2) is 0 Å². The van der Waals surface area contributed by atoms with Crippen molar-refractivity contribution in [3.8, 4) is 0 Å². The van der Waals surface area contributed by atoms with Gasteiger partial charge in [-0.15, -0.1) is 0 Å². The second-order valence-corrected chi connectivity index (χ2v) is 4.08. The molecule has 3 aliphatic rings. The van der Waals surface area contributed by atoms with Crippen LogP contribution in [-0.2, 0) is 9.47 Å². The third kappa shape index (κ3) is 0.859. The molecule has 2 atom stereocenters. The maximum absolute atomic E-state index is 5.42. The first-order valence-electron chi connectivity index (χ1n) is 4.65. The molecule has 3 fully saturated rings. The molecule has 0 spiro atoms. The van der Waals surface area contributed by atoms with E-state index in [-0.39, 0.29) is 0 Å². The Morgan fingerprint density at radius 1 is 0.909 bits per heavy atom. The van der Waals surface area contributed by atoms with E-state index in [1.165, 1.54) is 25.7 Å². The van der Waals surface area contributed by atoms with E-state index < -0.39 is 0 Å². The largest absolute Gasteiger partial charge is 0.372 e. The van der Waals surface area contributed by atoms with Crippen LogP contribution in [0.15, 0.2) is 0 Å². The van der Waals surface area contributed by atoms with E-state index >= 15 is 0 Å². The fourth-order valence-electron chi connectivity index (χ4n) is 2.64. The normalized spacial score (nSPS) is 45.8. The van der Waals surface area contributed by atoms with Crippen LogP contribution in [0.25, 0.3) is 0 Å². The van der Waals surface area contributed by atoms with Crippen LogP contribution >= 0.6 is 0 Å². The summed E-state index contributed by atoms with van der Waals surface area (Å²) in [7, 11) is 0. The summed E-state index contributed by atoms with van der Waals surface area (Å²) in [6, 6.07) is 0. The van der Waals surface area contributed by atoms with E-state index in [9.17, 15) is 0 Å². The quantitative estimate of drug-likeness (QED) is 0.561. The second kappa shape index (κ2) is 1.99. The fourth-order valence-corrected chi connectivity index (χ4v) is 2.64. The van der Waals surface area contributed by atoms with Crippen LogP contribution in [0.5, 0.6) is 0 Å². The lowest BCUT2D eigenvalue weighted by Gasteiger charge is -2.23. The van der Waals surface area contributed by atoms with E-state index in [2.05, 4.69) is 0 Å². The topological polar surface area (TPSA) is 25.1 Å². The molecular formula is C9H14O2. The van der Waals surface area contributed by atoms with Crippen LogP contribution in [0.3, 0.4) is 0 Å². The Hall–Kier alpha value is -0.0800. The van der Waals surface area contributed by atoms with Gasteiger partial charge in [0.15, 0.2) is 0 Å². The average Bonchev–Trinajstić information content (AvgIpc) is 2.90. The molecule has 2 aliphatic heterocycles. The summed E-state index contributed by atoms with van der Waals surface area (Å²) in [6.07, 6.45) is 6.61. The van der Waals surface area contributed by atoms with E-state index in [1.807, 2.05) is 0 Å². The highest BCUT2D eigenvalue weighted by Gasteiger charge is 2.57. The zero-order valence-corrected chi connectivity index (χ0v) is 6.71. The molecule has 11 heavy (non-hydrogen) atoms. The Bertz CT molecular complexity index is 150. The van der Waals surface area contributed by atoms with Gasteiger partial charge in [0.05, 0.1) is 25.4 Å². The standard InChI is InChI=1S/C9H14O2/c1-2-4-9(3-1,7-5-10-7)8-6-11-8/h7-8H,1-6H2. The molecule has 0 aromatic carbocycles. The van der Waals surface area contributed by atoms with Crippen molar-refractivity contribution < 1.29 is 9.47 Å². The van der Waals surface area contributed by atoms with Gasteiger partial charge in [0.2, 0.25) is 0 Å². The van der Waals surface area contributed by atoms with Crippen molar-refractivity contribution in [3.63, 3.8) is 0 Å². The third-order valence-electron chi connectivity index (χ3n) is 3.48. The van der Waals surface area contributed by atoms with Gasteiger partial charge in [0, 0.05) is 5.41 Å². The average molecular weight is 154 g/mol. The van der Waals surface area contributed by atoms with Gasteiger partial charge in [-0.1, -0.05) is 12.8 Å². The SMILES string of the molecule is C1CCC(C2CO2)(C2CO2)C1. The van der Waals surface area contributed by atoms with Crippen molar-refractivity contribution in [2.24, 2.45) is 5.41 Å². The van der Waals surface area contributed by atoms with Gasteiger partial charge in [-0.2, -0.15) is 0 Å². The van der Waals surface area contributed by atoms with Crippen molar-refractivity contribution in [2.75, 3.05) is 13.2 Å². The minimum atomic E-state index is 0.472. The molecule has 0 amide bonds. The van der Waals surface area contributed by atoms with Crippen LogP contribution < -0.4 is 0 Å². The second-order valence-electron chi connectivity index (χ2n) is 4.08. The molecule has 2 heteroatoms. The molecule has 2 saturated heterocycles. The van der Waals surface area contributed by atoms with E-state index in [4.69, 9.17) is 9.47 Å². The molecule has 0 bridgehead atoms. The molecule has 2 nitrogen and oxygen atoms in total. The number of hydrogen-bond donors (Lipinski definition) is 0. The Morgan fingerprint density at radius 2 is 1.36 bits per heavy atom. The molecule has 0 N–H and O–H groups in total. The summed E-state index contributed by atoms with van der Waals surface area (Å²) in [5.41, 5.74) is 0.472. The predicted molar refractivity (Wildman–Crippen MR) is 40.4 cm³/mol. The third-order valence-corrected chi connectivity index (χ3v) is 3.48. The van der Waals surface area contributed by atoms with Gasteiger partial charge < -0.3 is 9.47 Å². The molecule has 0 aromatic heterocycles. The minimum Gasteiger partial charge on any atom is -0.372 e. The monoisotopic (exact) mass is 154 g/mol. The lowest BCUT2D eigenvalue weighted by molar-refractivity contribution is 0.146. The maximum atomic E-state index is 5.42. The van der Waals surface area contributed by atoms with Gasteiger partial charge in [0.25, 0.3) is 0 Å². The Morgan fingerprint density at radius 3 is 1.73 bits per heavy atom. The molecule has 2 unspecified atom stereocenters. The molecule has 0 aromatic rings. The highest BCUT2D eigenvalue weighted by molar-refractivity contribution is 5.05. The van der Waals surface area contributed by atoms with Crippen molar-refractivity contribution in [1.82, 2.24) is 0 Å². The summed E-state index contributed by atoms with van der Waals surface area (Å²) in [5, 5.41) is 0. The lowest BCUT2D eigenvalue weighted by Crippen LogP contribution is -2.30. The lowest BCUT2D eigenvalue weighted by atomic mass is 9.80. The summed E-state index contributed by atoms with van der Waals surface area (Å²) in [6.45, 7) is 2.00. The van der Waals surface area contributed by atoms with Crippen molar-refractivity contribution in [3.05, 3.63) is 0 Å². The Kier molecular flexibility index (Phi) is 1.16. The van der Waals surface area contributed by atoms with E-state index in [0.29, 0.717) is 17.6 Å². The molecule has 0 radical (unpaired) electrons. The van der Waals surface area contributed by atoms with Crippen molar-refractivity contribution in [1.29, 1.82) is 0 Å². The molecule has 2 heterocycles. The van der Waals surface area contributed by atoms with Crippen molar-refractivity contribution in [2.45, 2.75) is 37.9 Å². The number of rotatable bonds is 2. The number of hydrogen-bond acceptors (Lipinski definition) is 2. The van der Waals surface area contributed by atoms with Gasteiger partial charge in [-0.05, 0) is 12.8 Å². The van der Waals surface area contributed by atoms with Crippen LogP contribution in [0.4, 0.5) is 0 Å². The highest BCUT2D eigenvalue weighted by Crippen LogP contribution is 2.53. The molecule has 3 rings (SSSR count). The zero-order chi connectivity index (χ0) is 7.31. The smallest absolute Gasteiger partial charge is 0.0891 e. The van der Waals surface area contributed by atoms with Crippen LogP contribution in [-0.4, -0.2) is 25.4 Å². The number of ether oxygens (including phenoxy) is 2. The summed E-state index contributed by atoms with van der Waals surface area (Å²) in [5.74, 6) is 0. The highest BCUT2D eigenvalue weighted by atomic mass is 16.6. The Labute approximate surface area is 66.9 Å². The molecule has 1 saturated carbocycles. The van der Waals surface area contributed by atoms with E-state index in [0.717, 1.165) is 13.2 Å². The summed E-state index contributed by atoms with van der Waals surface area (Å²) < 4.78 is 10.8. The summed E-state index contributed by atoms with van der Waals surface area (Å²) >= 11 is 0. The first-order valence-corrected chi connectivity index (χ1v) is 4.65. The summed E-state index contributed by atoms with van der Waals surface area (Å²) in [4.78, 5) is 0. The first kappa shape index (κ1) is 6.44. The van der Waals surface area contributed by atoms with Gasteiger partial charge >= 0.3 is 0 Å². The molecular weight excluding hydrogens is 140 g/mol. The van der Waals surface area contributed by atoms with E-state index in [1.54, 1.807) is 0 Å². The predicted octanol–water partition coefficient (Wildman–Crippen LogP) is 1.34. The van der Waals surface area contributed by atoms with Crippen LogP contribution in [0.1, 0.15) is 25.7 Å². The molecule has 62 valence electrons. The maximum Gasteiger partial charge on any atom is 0.0891 e. The zero-order valence-electron chi connectivity index (χ0n) is 6.71.